The number of carbonyl (C=O) groups is 1. The Balaban J connectivity index is 1.52. The smallest absolute Gasteiger partial charge is 0.319 e. The predicted octanol–water partition coefficient (Wildman–Crippen LogP) is 2.16. The van der Waals surface area contributed by atoms with Crippen molar-refractivity contribution >= 4 is 6.03 Å². The molecule has 1 fully saturated rings. The molecule has 9 heteroatoms. The van der Waals surface area contributed by atoms with Gasteiger partial charge in [-0.1, -0.05) is 0 Å². The first-order chi connectivity index (χ1) is 16.3. The maximum Gasteiger partial charge on any atom is 0.319 e. The third-order valence-corrected chi connectivity index (χ3v) is 6.36. The van der Waals surface area contributed by atoms with E-state index in [0.717, 1.165) is 29.0 Å². The van der Waals surface area contributed by atoms with Gasteiger partial charge in [-0.3, -0.25) is 4.79 Å². The summed E-state index contributed by atoms with van der Waals surface area (Å²) in [4.78, 5) is 28.1. The number of likely N-dealkylation sites (tertiary alicyclic amines) is 1. The molecular formula is C25H33N3O6. The maximum atomic E-state index is 12.7. The van der Waals surface area contributed by atoms with Gasteiger partial charge in [-0.15, -0.1) is 0 Å². The van der Waals surface area contributed by atoms with Crippen molar-refractivity contribution < 1.29 is 23.7 Å². The highest BCUT2D eigenvalue weighted by Gasteiger charge is 2.33. The Hall–Kier alpha value is -3.04. The van der Waals surface area contributed by atoms with Crippen molar-refractivity contribution in [2.75, 3.05) is 54.6 Å². The first kappa shape index (κ1) is 24.1. The molecule has 0 aliphatic carbocycles. The van der Waals surface area contributed by atoms with E-state index in [1.165, 1.54) is 0 Å². The lowest BCUT2D eigenvalue weighted by molar-refractivity contribution is -0.000948. The molecule has 4 rings (SSSR count). The minimum absolute atomic E-state index is 0.000113. The molecule has 1 atom stereocenters. The number of ether oxygens (including phenoxy) is 4. The second-order valence-electron chi connectivity index (χ2n) is 8.99. The first-order valence-electron chi connectivity index (χ1n) is 11.5. The molecular weight excluding hydrogens is 438 g/mol. The zero-order chi connectivity index (χ0) is 24.4. The molecule has 9 nitrogen and oxygen atoms in total. The summed E-state index contributed by atoms with van der Waals surface area (Å²) in [6, 6.07) is 7.54. The van der Waals surface area contributed by atoms with Gasteiger partial charge in [0.15, 0.2) is 11.3 Å². The van der Waals surface area contributed by atoms with E-state index in [9.17, 15) is 9.59 Å². The van der Waals surface area contributed by atoms with Crippen LogP contribution < -0.4 is 14.9 Å². The molecule has 0 bridgehead atoms. The molecule has 184 valence electrons. The van der Waals surface area contributed by atoms with E-state index < -0.39 is 0 Å². The van der Waals surface area contributed by atoms with E-state index in [1.54, 1.807) is 44.2 Å². The van der Waals surface area contributed by atoms with Crippen LogP contribution in [0.1, 0.15) is 11.1 Å². The Morgan fingerprint density at radius 1 is 1.18 bits per heavy atom. The van der Waals surface area contributed by atoms with Crippen molar-refractivity contribution in [2.45, 2.75) is 32.1 Å². The van der Waals surface area contributed by atoms with Crippen LogP contribution in [0.2, 0.25) is 0 Å². The number of rotatable bonds is 8. The summed E-state index contributed by atoms with van der Waals surface area (Å²) in [6.45, 7) is 4.41. The highest BCUT2D eigenvalue weighted by atomic mass is 16.6. The number of methoxy groups -OCH3 is 2. The molecule has 1 aromatic heterocycles. The van der Waals surface area contributed by atoms with Crippen LogP contribution in [0.15, 0.2) is 29.1 Å². The summed E-state index contributed by atoms with van der Waals surface area (Å²) in [5.41, 5.74) is 3.65. The standard InChI is InChI=1S/C25H33N3O6/c1-16-22(29)11-23(33-15-20(32-5)14-31-4)28-9-8-17-10-18(6-7-21(17)24(16)28)34-19-12-27(13-19)25(30)26(2)3/h6-7,10-11,19-20H,8-9,12-15H2,1-5H3/t20-/m0/s1. The van der Waals surface area contributed by atoms with Crippen LogP contribution in [0.3, 0.4) is 0 Å². The third-order valence-electron chi connectivity index (χ3n) is 6.36. The number of hydrogen-bond donors (Lipinski definition) is 0. The normalized spacial score (nSPS) is 15.7. The van der Waals surface area contributed by atoms with Crippen LogP contribution in [-0.4, -0.2) is 87.2 Å². The molecule has 1 aromatic carbocycles. The summed E-state index contributed by atoms with van der Waals surface area (Å²) in [5.74, 6) is 1.32. The lowest BCUT2D eigenvalue weighted by Gasteiger charge is -2.40. The van der Waals surface area contributed by atoms with Gasteiger partial charge in [0.1, 0.15) is 24.6 Å². The predicted molar refractivity (Wildman–Crippen MR) is 128 cm³/mol. The quantitative estimate of drug-likeness (QED) is 0.587. The van der Waals surface area contributed by atoms with Gasteiger partial charge in [0.2, 0.25) is 0 Å². The highest BCUT2D eigenvalue weighted by molar-refractivity contribution is 5.75. The molecule has 2 amide bonds. The number of aromatic nitrogens is 1. The number of hydrogen-bond acceptors (Lipinski definition) is 6. The van der Waals surface area contributed by atoms with Crippen LogP contribution in [0.25, 0.3) is 11.3 Å². The summed E-state index contributed by atoms with van der Waals surface area (Å²) in [7, 11) is 6.72. The van der Waals surface area contributed by atoms with E-state index >= 15 is 0 Å². The van der Waals surface area contributed by atoms with Crippen LogP contribution >= 0.6 is 0 Å². The van der Waals surface area contributed by atoms with Crippen molar-refractivity contribution in [2.24, 2.45) is 0 Å². The van der Waals surface area contributed by atoms with Gasteiger partial charge in [0.25, 0.3) is 0 Å². The number of amides is 2. The Bertz CT molecular complexity index is 1110. The molecule has 3 heterocycles. The van der Waals surface area contributed by atoms with Crippen molar-refractivity contribution in [3.8, 4) is 22.9 Å². The molecule has 0 spiro atoms. The van der Waals surface area contributed by atoms with Gasteiger partial charge in [-0.25, -0.2) is 4.79 Å². The molecule has 0 unspecified atom stereocenters. The summed E-state index contributed by atoms with van der Waals surface area (Å²) in [5, 5.41) is 0. The van der Waals surface area contributed by atoms with E-state index in [-0.39, 0.29) is 23.7 Å². The van der Waals surface area contributed by atoms with Gasteiger partial charge in [-0.2, -0.15) is 0 Å². The fourth-order valence-electron chi connectivity index (χ4n) is 4.42. The number of urea groups is 1. The summed E-state index contributed by atoms with van der Waals surface area (Å²) < 4.78 is 24.7. The van der Waals surface area contributed by atoms with Crippen LogP contribution in [0.5, 0.6) is 11.6 Å². The van der Waals surface area contributed by atoms with E-state index in [0.29, 0.717) is 44.3 Å². The van der Waals surface area contributed by atoms with Crippen LogP contribution in [0.4, 0.5) is 4.79 Å². The Labute approximate surface area is 199 Å². The zero-order valence-electron chi connectivity index (χ0n) is 20.5. The van der Waals surface area contributed by atoms with Gasteiger partial charge >= 0.3 is 6.03 Å². The average Bonchev–Trinajstić information content (AvgIpc) is 2.80. The number of fused-ring (bicyclic) bond motifs is 3. The lowest BCUT2D eigenvalue weighted by atomic mass is 9.94. The molecule has 2 aliphatic heterocycles. The molecule has 0 N–H and O–H groups in total. The Morgan fingerprint density at radius 2 is 1.94 bits per heavy atom. The topological polar surface area (TPSA) is 82.5 Å². The second-order valence-corrected chi connectivity index (χ2v) is 8.99. The first-order valence-corrected chi connectivity index (χ1v) is 11.5. The van der Waals surface area contributed by atoms with Gasteiger partial charge in [0.05, 0.1) is 25.4 Å². The molecule has 2 aromatic rings. The van der Waals surface area contributed by atoms with Crippen molar-refractivity contribution in [1.29, 1.82) is 0 Å². The number of pyridine rings is 1. The van der Waals surface area contributed by atoms with Gasteiger partial charge < -0.3 is 33.3 Å². The minimum Gasteiger partial charge on any atom is -0.487 e. The summed E-state index contributed by atoms with van der Waals surface area (Å²) >= 11 is 0. The fourth-order valence-corrected chi connectivity index (χ4v) is 4.42. The zero-order valence-corrected chi connectivity index (χ0v) is 20.5. The van der Waals surface area contributed by atoms with E-state index in [2.05, 4.69) is 4.57 Å². The largest absolute Gasteiger partial charge is 0.487 e. The molecule has 0 saturated carbocycles. The third kappa shape index (κ3) is 4.76. The average molecular weight is 472 g/mol. The van der Waals surface area contributed by atoms with Crippen LogP contribution in [0, 0.1) is 6.92 Å². The SMILES string of the molecule is COC[C@@H](COc1cc(=O)c(C)c2n1CCc1cc(OC3CN(C(=O)N(C)C)C3)ccc1-2)OC. The van der Waals surface area contributed by atoms with Crippen molar-refractivity contribution in [1.82, 2.24) is 14.4 Å². The van der Waals surface area contributed by atoms with Crippen LogP contribution in [-0.2, 0) is 22.4 Å². The van der Waals surface area contributed by atoms with E-state index in [1.807, 2.05) is 25.1 Å². The number of nitrogens with zero attached hydrogens (tertiary/aromatic N) is 3. The second kappa shape index (κ2) is 10.1. The van der Waals surface area contributed by atoms with Gasteiger partial charge in [-0.05, 0) is 37.1 Å². The Kier molecular flexibility index (Phi) is 7.13. The molecule has 2 aliphatic rings. The number of carbonyl (C=O) groups excluding carboxylic acids is 1. The highest BCUT2D eigenvalue weighted by Crippen LogP contribution is 2.36. The van der Waals surface area contributed by atoms with Crippen molar-refractivity contribution in [3.05, 3.63) is 45.6 Å². The fraction of sp³-hybridized carbons (Fsp3) is 0.520. The number of aryl methyl sites for hydroxylation is 1. The van der Waals surface area contributed by atoms with E-state index in [4.69, 9.17) is 18.9 Å². The summed E-state index contributed by atoms with van der Waals surface area (Å²) in [6.07, 6.45) is 0.562. The molecule has 1 saturated heterocycles. The molecule has 0 radical (unpaired) electrons. The Morgan fingerprint density at radius 3 is 2.62 bits per heavy atom. The van der Waals surface area contributed by atoms with Crippen molar-refractivity contribution in [3.63, 3.8) is 0 Å². The number of benzene rings is 1. The lowest BCUT2D eigenvalue weighted by Crippen LogP contribution is -2.58. The monoisotopic (exact) mass is 471 g/mol. The molecule has 34 heavy (non-hydrogen) atoms. The van der Waals surface area contributed by atoms with Gasteiger partial charge in [0, 0.05) is 52.1 Å². The minimum atomic E-state index is -0.219. The maximum absolute atomic E-state index is 12.7.